The Morgan fingerprint density at radius 2 is 2.29 bits per heavy atom. The van der Waals surface area contributed by atoms with Crippen LogP contribution in [0, 0.1) is 11.8 Å². The van der Waals surface area contributed by atoms with E-state index in [1.807, 2.05) is 0 Å². The van der Waals surface area contributed by atoms with Crippen LogP contribution in [0.4, 0.5) is 0 Å². The van der Waals surface area contributed by atoms with Gasteiger partial charge >= 0.3 is 0 Å². The van der Waals surface area contributed by atoms with Crippen LogP contribution in [0.1, 0.15) is 25.0 Å². The predicted molar refractivity (Wildman–Crippen MR) is 77.7 cm³/mol. The van der Waals surface area contributed by atoms with E-state index in [1.165, 1.54) is 23.7 Å². The van der Waals surface area contributed by atoms with Crippen molar-refractivity contribution < 1.29 is 0 Å². The maximum atomic E-state index is 12.0. The first-order valence-electron chi connectivity index (χ1n) is 7.61. The second kappa shape index (κ2) is 4.92. The zero-order valence-electron chi connectivity index (χ0n) is 11.9. The second-order valence-corrected chi connectivity index (χ2v) is 6.32. The molecule has 3 heterocycles. The van der Waals surface area contributed by atoms with Crippen LogP contribution in [0.25, 0.3) is 5.78 Å². The smallest absolute Gasteiger partial charge is 0.274 e. The molecule has 0 radical (unpaired) electrons. The molecule has 3 atom stereocenters. The largest absolute Gasteiger partial charge is 0.327 e. The van der Waals surface area contributed by atoms with Gasteiger partial charge in [0.1, 0.15) is 6.33 Å². The van der Waals surface area contributed by atoms with Gasteiger partial charge < -0.3 is 5.73 Å². The van der Waals surface area contributed by atoms with Crippen molar-refractivity contribution in [2.75, 3.05) is 13.1 Å². The first-order chi connectivity index (χ1) is 10.2. The molecule has 7 heteroatoms. The summed E-state index contributed by atoms with van der Waals surface area (Å²) in [7, 11) is 0. The average Bonchev–Trinajstić information content (AvgIpc) is 3.06. The number of H-pyrrole nitrogens is 1. The summed E-state index contributed by atoms with van der Waals surface area (Å²) in [6, 6.07) is 1.92. The van der Waals surface area contributed by atoms with E-state index in [-0.39, 0.29) is 5.56 Å². The van der Waals surface area contributed by atoms with Gasteiger partial charge in [-0.3, -0.25) is 14.8 Å². The number of fused-ring (bicyclic) bond motifs is 2. The standard InChI is InChI=1S/C14H20N6O/c15-12-3-1-2-9-5-19(7-11(9)12)6-10-4-13(21)20-14(18-10)16-8-17-20/h4,8-9,11-12H,1-3,5-7,15H2,(H,16,17,18). The molecule has 0 aromatic carbocycles. The van der Waals surface area contributed by atoms with Crippen molar-refractivity contribution in [3.8, 4) is 0 Å². The quantitative estimate of drug-likeness (QED) is 0.810. The summed E-state index contributed by atoms with van der Waals surface area (Å²) in [4.78, 5) is 22.8. The highest BCUT2D eigenvalue weighted by molar-refractivity contribution is 5.26. The molecule has 0 spiro atoms. The van der Waals surface area contributed by atoms with E-state index >= 15 is 0 Å². The third-order valence-electron chi connectivity index (χ3n) is 4.94. The SMILES string of the molecule is NC1CCCC2CN(Cc3cc(=O)n4[nH]cnc4n3)CC12. The molecule has 2 aromatic rings. The lowest BCUT2D eigenvalue weighted by molar-refractivity contribution is 0.259. The highest BCUT2D eigenvalue weighted by atomic mass is 16.1. The zero-order chi connectivity index (χ0) is 14.4. The number of nitrogens with two attached hydrogens (primary N) is 1. The molecular weight excluding hydrogens is 268 g/mol. The number of hydrogen-bond acceptors (Lipinski definition) is 5. The van der Waals surface area contributed by atoms with E-state index < -0.39 is 0 Å². The van der Waals surface area contributed by atoms with Crippen LogP contribution in [0.5, 0.6) is 0 Å². The van der Waals surface area contributed by atoms with E-state index in [0.29, 0.717) is 30.2 Å². The third kappa shape index (κ3) is 2.26. The summed E-state index contributed by atoms with van der Waals surface area (Å²) >= 11 is 0. The number of aromatic nitrogens is 4. The van der Waals surface area contributed by atoms with Crippen molar-refractivity contribution in [1.29, 1.82) is 0 Å². The molecule has 0 bridgehead atoms. The Kier molecular flexibility index (Phi) is 3.04. The van der Waals surface area contributed by atoms with Crippen LogP contribution in [0.15, 0.2) is 17.2 Å². The van der Waals surface area contributed by atoms with Gasteiger partial charge in [-0.25, -0.2) is 9.97 Å². The molecule has 112 valence electrons. The van der Waals surface area contributed by atoms with Crippen LogP contribution < -0.4 is 11.3 Å². The molecule has 2 aromatic heterocycles. The molecule has 1 saturated carbocycles. The highest BCUT2D eigenvalue weighted by Gasteiger charge is 2.38. The lowest BCUT2D eigenvalue weighted by Crippen LogP contribution is -2.38. The minimum Gasteiger partial charge on any atom is -0.327 e. The number of likely N-dealkylation sites (tertiary alicyclic amines) is 1. The van der Waals surface area contributed by atoms with Crippen molar-refractivity contribution in [3.63, 3.8) is 0 Å². The molecule has 2 fully saturated rings. The van der Waals surface area contributed by atoms with Gasteiger partial charge in [0.05, 0.1) is 5.69 Å². The fraction of sp³-hybridized carbons (Fsp3) is 0.643. The first kappa shape index (κ1) is 13.0. The molecule has 3 N–H and O–H groups in total. The molecule has 21 heavy (non-hydrogen) atoms. The normalized spacial score (nSPS) is 29.9. The monoisotopic (exact) mass is 288 g/mol. The van der Waals surface area contributed by atoms with Gasteiger partial charge in [0.2, 0.25) is 0 Å². The Morgan fingerprint density at radius 3 is 3.14 bits per heavy atom. The van der Waals surface area contributed by atoms with Crippen LogP contribution in [-0.2, 0) is 6.54 Å². The minimum absolute atomic E-state index is 0.110. The third-order valence-corrected chi connectivity index (χ3v) is 4.94. The Morgan fingerprint density at radius 1 is 1.38 bits per heavy atom. The van der Waals surface area contributed by atoms with Gasteiger partial charge in [-0.1, -0.05) is 6.42 Å². The van der Waals surface area contributed by atoms with Crippen molar-refractivity contribution in [2.45, 2.75) is 31.8 Å². The van der Waals surface area contributed by atoms with Crippen molar-refractivity contribution in [2.24, 2.45) is 17.6 Å². The van der Waals surface area contributed by atoms with Crippen molar-refractivity contribution >= 4 is 5.78 Å². The van der Waals surface area contributed by atoms with Gasteiger partial charge in [0.25, 0.3) is 11.3 Å². The summed E-state index contributed by atoms with van der Waals surface area (Å²) in [6.07, 6.45) is 5.16. The summed E-state index contributed by atoms with van der Waals surface area (Å²) in [5, 5.41) is 2.76. The number of nitrogens with one attached hydrogen (secondary N) is 1. The lowest BCUT2D eigenvalue weighted by Gasteiger charge is -2.29. The molecule has 3 unspecified atom stereocenters. The summed E-state index contributed by atoms with van der Waals surface area (Å²) in [5.74, 6) is 1.75. The number of aromatic amines is 1. The summed E-state index contributed by atoms with van der Waals surface area (Å²) in [5.41, 5.74) is 6.93. The van der Waals surface area contributed by atoms with Gasteiger partial charge in [0, 0.05) is 31.7 Å². The molecule has 1 saturated heterocycles. The maximum absolute atomic E-state index is 12.0. The minimum atomic E-state index is -0.110. The Balaban J connectivity index is 1.54. The fourth-order valence-corrected chi connectivity index (χ4v) is 3.92. The van der Waals surface area contributed by atoms with E-state index in [0.717, 1.165) is 25.2 Å². The van der Waals surface area contributed by atoms with E-state index in [4.69, 9.17) is 5.73 Å². The molecule has 1 aliphatic carbocycles. The van der Waals surface area contributed by atoms with Crippen LogP contribution in [0.3, 0.4) is 0 Å². The number of rotatable bonds is 2. The van der Waals surface area contributed by atoms with Crippen molar-refractivity contribution in [1.82, 2.24) is 24.5 Å². The second-order valence-electron chi connectivity index (χ2n) is 6.32. The molecular formula is C14H20N6O. The molecule has 4 rings (SSSR count). The topological polar surface area (TPSA) is 92.3 Å². The molecule has 0 amide bonds. The van der Waals surface area contributed by atoms with E-state index in [1.54, 1.807) is 6.07 Å². The zero-order valence-corrected chi connectivity index (χ0v) is 11.9. The van der Waals surface area contributed by atoms with Gasteiger partial charge in [-0.05, 0) is 24.7 Å². The lowest BCUT2D eigenvalue weighted by atomic mass is 9.78. The van der Waals surface area contributed by atoms with E-state index in [2.05, 4.69) is 20.0 Å². The van der Waals surface area contributed by atoms with Crippen LogP contribution in [-0.4, -0.2) is 43.6 Å². The van der Waals surface area contributed by atoms with Gasteiger partial charge in [0.15, 0.2) is 0 Å². The number of nitrogens with zero attached hydrogens (tertiary/aromatic N) is 4. The highest BCUT2D eigenvalue weighted by Crippen LogP contribution is 2.35. The Labute approximate surface area is 122 Å². The van der Waals surface area contributed by atoms with Gasteiger partial charge in [-0.15, -0.1) is 0 Å². The Hall–Kier alpha value is -1.73. The maximum Gasteiger partial charge on any atom is 0.274 e. The first-order valence-corrected chi connectivity index (χ1v) is 7.61. The van der Waals surface area contributed by atoms with Crippen molar-refractivity contribution in [3.05, 3.63) is 28.4 Å². The van der Waals surface area contributed by atoms with E-state index in [9.17, 15) is 4.79 Å². The fourth-order valence-electron chi connectivity index (χ4n) is 3.92. The summed E-state index contributed by atoms with van der Waals surface area (Å²) in [6.45, 7) is 2.80. The molecule has 2 aliphatic rings. The number of hydrogen-bond donors (Lipinski definition) is 2. The average molecular weight is 288 g/mol. The van der Waals surface area contributed by atoms with Gasteiger partial charge in [-0.2, -0.15) is 4.52 Å². The molecule has 1 aliphatic heterocycles. The predicted octanol–water partition coefficient (Wildman–Crippen LogP) is -0.0232. The summed E-state index contributed by atoms with van der Waals surface area (Å²) < 4.78 is 1.35. The van der Waals surface area contributed by atoms with Crippen LogP contribution in [0.2, 0.25) is 0 Å². The molecule has 7 nitrogen and oxygen atoms in total. The van der Waals surface area contributed by atoms with Crippen LogP contribution >= 0.6 is 0 Å². The Bertz CT molecular complexity index is 707.